The van der Waals surface area contributed by atoms with Crippen LogP contribution in [0.1, 0.15) is 46.0 Å². The van der Waals surface area contributed by atoms with Crippen molar-refractivity contribution in [3.63, 3.8) is 0 Å². The molecule has 98 valence electrons. The van der Waals surface area contributed by atoms with Gasteiger partial charge in [-0.25, -0.2) is 0 Å². The van der Waals surface area contributed by atoms with Gasteiger partial charge in [0.25, 0.3) is 0 Å². The van der Waals surface area contributed by atoms with E-state index in [0.717, 1.165) is 24.7 Å². The Morgan fingerprint density at radius 2 is 1.75 bits per heavy atom. The van der Waals surface area contributed by atoms with E-state index < -0.39 is 0 Å². The molecule has 1 N–H and O–H groups in total. The van der Waals surface area contributed by atoms with Gasteiger partial charge in [0.05, 0.1) is 0 Å². The van der Waals surface area contributed by atoms with E-state index in [0.29, 0.717) is 12.0 Å². The first kappa shape index (κ1) is 16.4. The number of halogens is 1. The van der Waals surface area contributed by atoms with Gasteiger partial charge in [0.1, 0.15) is 0 Å². The Hall–Kier alpha value is 0.400. The molecule has 0 aromatic heterocycles. The van der Waals surface area contributed by atoms with Crippen LogP contribution in [0.25, 0.3) is 0 Å². The largest absolute Gasteiger partial charge is 0.396 e. The fourth-order valence-corrected chi connectivity index (χ4v) is 3.00. The van der Waals surface area contributed by atoms with Crippen LogP contribution in [0.2, 0.25) is 0 Å². The van der Waals surface area contributed by atoms with Crippen molar-refractivity contribution >= 4 is 15.9 Å². The molecule has 16 heavy (non-hydrogen) atoms. The zero-order chi connectivity index (χ0) is 12.4. The van der Waals surface area contributed by atoms with Gasteiger partial charge in [-0.1, -0.05) is 29.8 Å². The zero-order valence-electron chi connectivity index (χ0n) is 11.1. The maximum Gasteiger partial charge on any atom is 0.0431 e. The minimum Gasteiger partial charge on any atom is -0.396 e. The molecule has 0 saturated heterocycles. The van der Waals surface area contributed by atoms with E-state index in [9.17, 15) is 0 Å². The van der Waals surface area contributed by atoms with Crippen molar-refractivity contribution in [2.24, 2.45) is 5.41 Å². The summed E-state index contributed by atoms with van der Waals surface area (Å²) in [7, 11) is 2.21. The summed E-state index contributed by atoms with van der Waals surface area (Å²) in [6.07, 6.45) is 5.74. The quantitative estimate of drug-likeness (QED) is 0.494. The van der Waals surface area contributed by atoms with Gasteiger partial charge in [0.2, 0.25) is 0 Å². The Labute approximate surface area is 110 Å². The predicted octanol–water partition coefficient (Wildman–Crippen LogP) is 3.28. The van der Waals surface area contributed by atoms with Crippen molar-refractivity contribution in [1.29, 1.82) is 0 Å². The lowest BCUT2D eigenvalue weighted by atomic mass is 9.84. The minimum absolute atomic E-state index is 0.332. The lowest BCUT2D eigenvalue weighted by Crippen LogP contribution is -2.36. The molecule has 0 rings (SSSR count). The minimum atomic E-state index is 0.332. The number of unbranched alkanes of at least 4 members (excludes halogenated alkanes) is 2. The number of aliphatic hydroxyl groups is 1. The van der Waals surface area contributed by atoms with E-state index in [1.807, 2.05) is 0 Å². The number of rotatable bonds is 10. The van der Waals surface area contributed by atoms with Crippen LogP contribution in [0.15, 0.2) is 0 Å². The SMILES string of the molecule is CCC(CC)(CBr)CN(C)CCCCCO. The molecule has 0 amide bonds. The standard InChI is InChI=1S/C13H28BrNO/c1-4-13(5-2,11-14)12-15(3)9-7-6-8-10-16/h16H,4-12H2,1-3H3. The second-order valence-corrected chi connectivity index (χ2v) is 5.42. The van der Waals surface area contributed by atoms with Crippen LogP contribution >= 0.6 is 15.9 Å². The molecule has 0 bridgehead atoms. The number of alkyl halides is 1. The number of aliphatic hydroxyl groups excluding tert-OH is 1. The molecule has 0 aliphatic carbocycles. The van der Waals surface area contributed by atoms with Crippen molar-refractivity contribution in [3.05, 3.63) is 0 Å². The molecule has 0 aromatic carbocycles. The van der Waals surface area contributed by atoms with Crippen molar-refractivity contribution in [2.75, 3.05) is 32.1 Å². The average molecular weight is 294 g/mol. The Morgan fingerprint density at radius 3 is 2.19 bits per heavy atom. The van der Waals surface area contributed by atoms with Crippen LogP contribution < -0.4 is 0 Å². The van der Waals surface area contributed by atoms with Crippen molar-refractivity contribution in [3.8, 4) is 0 Å². The molecular weight excluding hydrogens is 266 g/mol. The van der Waals surface area contributed by atoms with E-state index >= 15 is 0 Å². The van der Waals surface area contributed by atoms with Gasteiger partial charge in [-0.15, -0.1) is 0 Å². The predicted molar refractivity (Wildman–Crippen MR) is 75.2 cm³/mol. The van der Waals surface area contributed by atoms with Crippen LogP contribution in [0.3, 0.4) is 0 Å². The summed E-state index contributed by atoms with van der Waals surface area (Å²) in [5.41, 5.74) is 0.436. The van der Waals surface area contributed by atoms with Crippen LogP contribution in [0.5, 0.6) is 0 Å². The summed E-state index contributed by atoms with van der Waals surface area (Å²) in [5, 5.41) is 9.80. The molecule has 0 atom stereocenters. The molecular formula is C13H28BrNO. The van der Waals surface area contributed by atoms with Gasteiger partial charge in [0.15, 0.2) is 0 Å². The lowest BCUT2D eigenvalue weighted by molar-refractivity contribution is 0.181. The first-order chi connectivity index (χ1) is 7.64. The highest BCUT2D eigenvalue weighted by Gasteiger charge is 2.25. The highest BCUT2D eigenvalue weighted by molar-refractivity contribution is 9.09. The number of nitrogens with zero attached hydrogens (tertiary/aromatic N) is 1. The molecule has 0 aliphatic heterocycles. The second kappa shape index (κ2) is 9.43. The Bertz CT molecular complexity index is 152. The Kier molecular flexibility index (Phi) is 9.67. The molecule has 0 unspecified atom stereocenters. The fourth-order valence-electron chi connectivity index (χ4n) is 2.03. The molecule has 2 nitrogen and oxygen atoms in total. The first-order valence-electron chi connectivity index (χ1n) is 6.49. The van der Waals surface area contributed by atoms with E-state index in [-0.39, 0.29) is 0 Å². The summed E-state index contributed by atoms with van der Waals surface area (Å²) in [4.78, 5) is 2.44. The van der Waals surface area contributed by atoms with Crippen LogP contribution in [-0.4, -0.2) is 42.1 Å². The summed E-state index contributed by atoms with van der Waals surface area (Å²) in [6, 6.07) is 0. The first-order valence-corrected chi connectivity index (χ1v) is 7.61. The monoisotopic (exact) mass is 293 g/mol. The molecule has 3 heteroatoms. The van der Waals surface area contributed by atoms with Gasteiger partial charge in [-0.2, -0.15) is 0 Å². The van der Waals surface area contributed by atoms with E-state index in [1.54, 1.807) is 0 Å². The highest BCUT2D eigenvalue weighted by Crippen LogP contribution is 2.29. The number of hydrogen-bond acceptors (Lipinski definition) is 2. The number of hydrogen-bond donors (Lipinski definition) is 1. The van der Waals surface area contributed by atoms with Gasteiger partial charge >= 0.3 is 0 Å². The maximum absolute atomic E-state index is 8.71. The molecule has 0 spiro atoms. The molecule has 0 heterocycles. The third-order valence-corrected chi connectivity index (χ3v) is 4.78. The maximum atomic E-state index is 8.71. The van der Waals surface area contributed by atoms with Crippen molar-refractivity contribution in [2.45, 2.75) is 46.0 Å². The second-order valence-electron chi connectivity index (χ2n) is 4.86. The topological polar surface area (TPSA) is 23.5 Å². The molecule has 0 radical (unpaired) electrons. The third-order valence-electron chi connectivity index (χ3n) is 3.59. The molecule has 0 fully saturated rings. The normalized spacial score (nSPS) is 12.4. The van der Waals surface area contributed by atoms with Crippen LogP contribution in [0.4, 0.5) is 0 Å². The van der Waals surface area contributed by atoms with Crippen LogP contribution in [-0.2, 0) is 0 Å². The summed E-state index contributed by atoms with van der Waals surface area (Å²) < 4.78 is 0. The smallest absolute Gasteiger partial charge is 0.0431 e. The highest BCUT2D eigenvalue weighted by atomic mass is 79.9. The van der Waals surface area contributed by atoms with Gasteiger partial charge in [-0.05, 0) is 51.1 Å². The van der Waals surface area contributed by atoms with Crippen molar-refractivity contribution < 1.29 is 5.11 Å². The van der Waals surface area contributed by atoms with Gasteiger partial charge < -0.3 is 10.0 Å². The van der Waals surface area contributed by atoms with Gasteiger partial charge in [0, 0.05) is 18.5 Å². The Morgan fingerprint density at radius 1 is 1.12 bits per heavy atom. The van der Waals surface area contributed by atoms with E-state index in [4.69, 9.17) is 5.11 Å². The lowest BCUT2D eigenvalue weighted by Gasteiger charge is -2.34. The fraction of sp³-hybridized carbons (Fsp3) is 1.00. The average Bonchev–Trinajstić information content (AvgIpc) is 2.32. The van der Waals surface area contributed by atoms with E-state index in [2.05, 4.69) is 41.7 Å². The van der Waals surface area contributed by atoms with E-state index in [1.165, 1.54) is 25.8 Å². The van der Waals surface area contributed by atoms with Crippen LogP contribution in [0, 0.1) is 5.41 Å². The molecule has 0 aromatic rings. The summed E-state index contributed by atoms with van der Waals surface area (Å²) >= 11 is 3.66. The van der Waals surface area contributed by atoms with Gasteiger partial charge in [-0.3, -0.25) is 0 Å². The zero-order valence-corrected chi connectivity index (χ0v) is 12.7. The summed E-state index contributed by atoms with van der Waals surface area (Å²) in [6.45, 7) is 7.22. The van der Waals surface area contributed by atoms with Crippen molar-refractivity contribution in [1.82, 2.24) is 4.90 Å². The molecule has 0 aliphatic rings. The Balaban J connectivity index is 3.86. The molecule has 0 saturated carbocycles. The third kappa shape index (κ3) is 6.21. The summed E-state index contributed by atoms with van der Waals surface area (Å²) in [5.74, 6) is 0.